The zero-order valence-corrected chi connectivity index (χ0v) is 15.9. The molecule has 0 aliphatic rings. The van der Waals surface area contributed by atoms with Crippen LogP contribution >= 0.6 is 12.4 Å². The maximum atomic E-state index is 12.4. The van der Waals surface area contributed by atoms with Crippen LogP contribution < -0.4 is 10.6 Å². The van der Waals surface area contributed by atoms with E-state index in [9.17, 15) is 24.7 Å². The third kappa shape index (κ3) is 5.96. The number of hydrogen-bond donors (Lipinski definition) is 6. The highest BCUT2D eigenvalue weighted by atomic mass is 35.5. The Morgan fingerprint density at radius 1 is 1.11 bits per heavy atom. The summed E-state index contributed by atoms with van der Waals surface area (Å²) in [7, 11) is -0.0896. The number of halogens is 1. The predicted octanol–water partition coefficient (Wildman–Crippen LogP) is 0.585. The van der Waals surface area contributed by atoms with E-state index in [2.05, 4.69) is 10.6 Å². The van der Waals surface area contributed by atoms with E-state index in [4.69, 9.17) is 5.11 Å². The Balaban J connectivity index is 0.00000392. The van der Waals surface area contributed by atoms with Crippen molar-refractivity contribution in [2.24, 2.45) is 0 Å². The van der Waals surface area contributed by atoms with Gasteiger partial charge in [0.2, 0.25) is 0 Å². The number of hydrogen-bond acceptors (Lipinski definition) is 6. The lowest BCUT2D eigenvalue weighted by Gasteiger charge is -2.19. The summed E-state index contributed by atoms with van der Waals surface area (Å²) in [5, 5.41) is 43.8. The van der Waals surface area contributed by atoms with Gasteiger partial charge in [0.15, 0.2) is 0 Å². The van der Waals surface area contributed by atoms with Gasteiger partial charge in [0.1, 0.15) is 11.3 Å². The average molecular weight is 409 g/mol. The molecule has 2 aromatic carbocycles. The van der Waals surface area contributed by atoms with Gasteiger partial charge in [-0.1, -0.05) is 24.3 Å². The number of aromatic carboxylic acids is 1. The van der Waals surface area contributed by atoms with Crippen molar-refractivity contribution in [3.05, 3.63) is 64.7 Å². The molecule has 0 bridgehead atoms. The molecule has 28 heavy (non-hydrogen) atoms. The highest BCUT2D eigenvalue weighted by Gasteiger charge is 2.28. The van der Waals surface area contributed by atoms with E-state index in [0.29, 0.717) is 12.1 Å². The summed E-state index contributed by atoms with van der Waals surface area (Å²) in [6, 6.07) is 10.9. The van der Waals surface area contributed by atoms with E-state index < -0.39 is 30.7 Å². The number of carbonyl (C=O) groups is 2. The molecule has 1 amide bonds. The summed E-state index contributed by atoms with van der Waals surface area (Å²) in [6.07, 6.45) is -0.159. The SMILES string of the molecule is CNCc1ccc(C(=O)N[C@@H](Cc2cccc(C(=O)O)c2O)B(O)O)cc1.Cl. The molecule has 0 aliphatic carbocycles. The molecule has 2 rings (SSSR count). The van der Waals surface area contributed by atoms with Crippen LogP contribution in [0.2, 0.25) is 0 Å². The first-order valence-electron chi connectivity index (χ1n) is 8.28. The smallest absolute Gasteiger partial charge is 0.475 e. The van der Waals surface area contributed by atoms with Gasteiger partial charge in [-0.2, -0.15) is 0 Å². The molecule has 0 saturated carbocycles. The average Bonchev–Trinajstić information content (AvgIpc) is 2.63. The Hall–Kier alpha value is -2.59. The Labute approximate surface area is 168 Å². The van der Waals surface area contributed by atoms with Crippen molar-refractivity contribution in [2.75, 3.05) is 7.05 Å². The van der Waals surface area contributed by atoms with Gasteiger partial charge in [-0.05, 0) is 42.8 Å². The maximum Gasteiger partial charge on any atom is 0.475 e. The third-order valence-corrected chi connectivity index (χ3v) is 4.06. The Bertz CT molecular complexity index is 816. The fourth-order valence-corrected chi connectivity index (χ4v) is 2.63. The van der Waals surface area contributed by atoms with Crippen LogP contribution in [0.25, 0.3) is 0 Å². The largest absolute Gasteiger partial charge is 0.507 e. The van der Waals surface area contributed by atoms with Crippen molar-refractivity contribution in [3.8, 4) is 5.75 Å². The molecule has 0 aliphatic heterocycles. The molecule has 0 aromatic heterocycles. The fourth-order valence-electron chi connectivity index (χ4n) is 2.63. The Morgan fingerprint density at radius 3 is 2.29 bits per heavy atom. The summed E-state index contributed by atoms with van der Waals surface area (Å²) in [6.45, 7) is 0.652. The van der Waals surface area contributed by atoms with Gasteiger partial charge in [-0.25, -0.2) is 4.79 Å². The Morgan fingerprint density at radius 2 is 1.75 bits per heavy atom. The first-order valence-corrected chi connectivity index (χ1v) is 8.28. The van der Waals surface area contributed by atoms with Gasteiger partial charge < -0.3 is 30.9 Å². The standard InChI is InChI=1S/C18H21BN2O6.ClH/c1-20-10-11-5-7-12(8-6-11)17(23)21-15(19(26)27)9-13-3-2-4-14(16(13)22)18(24)25;/h2-8,15,20,22,26-27H,9-10H2,1H3,(H,21,23)(H,24,25);1H/t15-;/m0./s1. The minimum absolute atomic E-state index is 0. The van der Waals surface area contributed by atoms with Crippen molar-refractivity contribution in [1.29, 1.82) is 0 Å². The minimum Gasteiger partial charge on any atom is -0.507 e. The number of rotatable bonds is 8. The molecule has 0 saturated heterocycles. The normalized spacial score (nSPS) is 11.2. The van der Waals surface area contributed by atoms with Crippen LogP contribution in [-0.2, 0) is 13.0 Å². The van der Waals surface area contributed by atoms with Crippen molar-refractivity contribution < 1.29 is 29.9 Å². The van der Waals surface area contributed by atoms with Gasteiger partial charge in [0.25, 0.3) is 5.91 Å². The molecule has 2 aromatic rings. The van der Waals surface area contributed by atoms with Crippen LogP contribution in [0.4, 0.5) is 0 Å². The highest BCUT2D eigenvalue weighted by Crippen LogP contribution is 2.24. The van der Waals surface area contributed by atoms with Crippen LogP contribution in [0.5, 0.6) is 5.75 Å². The van der Waals surface area contributed by atoms with Gasteiger partial charge >= 0.3 is 13.1 Å². The quantitative estimate of drug-likeness (QED) is 0.351. The van der Waals surface area contributed by atoms with Gasteiger partial charge in [-0.3, -0.25) is 4.79 Å². The first kappa shape index (κ1) is 23.5. The number of para-hydroxylation sites is 1. The maximum absolute atomic E-state index is 12.4. The van der Waals surface area contributed by atoms with Gasteiger partial charge in [0.05, 0.1) is 5.94 Å². The second kappa shape index (κ2) is 10.7. The molecule has 0 unspecified atom stereocenters. The minimum atomic E-state index is -1.90. The summed E-state index contributed by atoms with van der Waals surface area (Å²) < 4.78 is 0. The van der Waals surface area contributed by atoms with Crippen LogP contribution in [-0.4, -0.2) is 52.2 Å². The van der Waals surface area contributed by atoms with Crippen LogP contribution in [0.15, 0.2) is 42.5 Å². The summed E-state index contributed by atoms with van der Waals surface area (Å²) in [5.74, 6) is -3.43. The lowest BCUT2D eigenvalue weighted by Crippen LogP contribution is -2.47. The molecule has 6 N–H and O–H groups in total. The zero-order chi connectivity index (χ0) is 20.0. The molecule has 0 heterocycles. The number of aromatic hydroxyl groups is 1. The molecular weight excluding hydrogens is 386 g/mol. The summed E-state index contributed by atoms with van der Waals surface area (Å²) in [5.41, 5.74) is 1.20. The fraction of sp³-hybridized carbons (Fsp3) is 0.222. The lowest BCUT2D eigenvalue weighted by atomic mass is 9.75. The Kier molecular flexibility index (Phi) is 8.94. The lowest BCUT2D eigenvalue weighted by molar-refractivity contribution is 0.0693. The molecule has 8 nitrogen and oxygen atoms in total. The van der Waals surface area contributed by atoms with Crippen LogP contribution in [0.3, 0.4) is 0 Å². The molecule has 150 valence electrons. The number of amides is 1. The van der Waals surface area contributed by atoms with E-state index in [-0.39, 0.29) is 30.0 Å². The molecule has 10 heteroatoms. The molecule has 0 radical (unpaired) electrons. The number of carbonyl (C=O) groups excluding carboxylic acids is 1. The second-order valence-corrected chi connectivity index (χ2v) is 6.04. The van der Waals surface area contributed by atoms with E-state index in [1.54, 1.807) is 24.3 Å². The summed E-state index contributed by atoms with van der Waals surface area (Å²) >= 11 is 0. The van der Waals surface area contributed by atoms with Crippen molar-refractivity contribution in [3.63, 3.8) is 0 Å². The summed E-state index contributed by atoms with van der Waals surface area (Å²) in [4.78, 5) is 23.5. The first-order chi connectivity index (χ1) is 12.8. The number of carboxylic acids is 1. The number of carboxylic acid groups (broad SMARTS) is 1. The molecule has 0 spiro atoms. The third-order valence-electron chi connectivity index (χ3n) is 4.06. The van der Waals surface area contributed by atoms with E-state index in [1.807, 2.05) is 7.05 Å². The van der Waals surface area contributed by atoms with Crippen LogP contribution in [0.1, 0.15) is 31.8 Å². The molecule has 1 atom stereocenters. The highest BCUT2D eigenvalue weighted by molar-refractivity contribution is 6.43. The number of benzene rings is 2. The predicted molar refractivity (Wildman–Crippen MR) is 107 cm³/mol. The van der Waals surface area contributed by atoms with E-state index >= 15 is 0 Å². The van der Waals surface area contributed by atoms with Crippen molar-refractivity contribution in [2.45, 2.75) is 18.9 Å². The monoisotopic (exact) mass is 408 g/mol. The number of nitrogens with one attached hydrogen (secondary N) is 2. The van der Waals surface area contributed by atoms with Crippen molar-refractivity contribution >= 4 is 31.4 Å². The molecular formula is C18H22BClN2O6. The van der Waals surface area contributed by atoms with E-state index in [0.717, 1.165) is 5.56 Å². The van der Waals surface area contributed by atoms with Crippen LogP contribution in [0, 0.1) is 0 Å². The topological polar surface area (TPSA) is 139 Å². The number of phenols is 1. The van der Waals surface area contributed by atoms with Crippen molar-refractivity contribution in [1.82, 2.24) is 10.6 Å². The zero-order valence-electron chi connectivity index (χ0n) is 15.1. The second-order valence-electron chi connectivity index (χ2n) is 6.04. The molecule has 0 fully saturated rings. The van der Waals surface area contributed by atoms with E-state index in [1.165, 1.54) is 18.2 Å². The van der Waals surface area contributed by atoms with Gasteiger partial charge in [-0.15, -0.1) is 12.4 Å². The van der Waals surface area contributed by atoms with Gasteiger partial charge in [0, 0.05) is 12.1 Å².